The molecule has 1 aliphatic carbocycles. The zero-order valence-corrected chi connectivity index (χ0v) is 19.8. The Bertz CT molecular complexity index is 939. The summed E-state index contributed by atoms with van der Waals surface area (Å²) in [5.41, 5.74) is -0.781. The number of fused-ring (bicyclic) bond motifs is 1. The maximum atomic E-state index is 11.9. The number of carbonyl (C=O) groups is 1. The predicted molar refractivity (Wildman–Crippen MR) is 124 cm³/mol. The Hall–Kier alpha value is -1.90. The molecule has 0 bridgehead atoms. The average Bonchev–Trinajstić information content (AvgIpc) is 2.74. The number of ether oxygens (including phenoxy) is 2. The fraction of sp³-hybridized carbons (Fsp3) is 0.522. The van der Waals surface area contributed by atoms with E-state index in [1.807, 2.05) is 24.3 Å². The molecule has 2 aromatic carbocycles. The van der Waals surface area contributed by atoms with E-state index in [-0.39, 0.29) is 23.9 Å². The highest BCUT2D eigenvalue weighted by Gasteiger charge is 2.40. The second kappa shape index (κ2) is 9.49. The van der Waals surface area contributed by atoms with E-state index in [1.54, 1.807) is 13.0 Å². The molecule has 7 heteroatoms. The maximum absolute atomic E-state index is 11.9. The molecule has 2 aromatic rings. The third-order valence-corrected chi connectivity index (χ3v) is 7.36. The van der Waals surface area contributed by atoms with Gasteiger partial charge in [0.15, 0.2) is 0 Å². The van der Waals surface area contributed by atoms with E-state index in [1.165, 1.54) is 20.0 Å². The quantitative estimate of drug-likeness (QED) is 0.196. The van der Waals surface area contributed by atoms with Crippen LogP contribution in [-0.4, -0.2) is 24.1 Å². The molecule has 0 spiro atoms. The number of halogens is 1. The summed E-state index contributed by atoms with van der Waals surface area (Å²) in [7, 11) is 1.29. The van der Waals surface area contributed by atoms with Crippen LogP contribution in [0.5, 0.6) is 5.75 Å². The summed E-state index contributed by atoms with van der Waals surface area (Å²) in [4.78, 5) is 23.1. The highest BCUT2D eigenvalue weighted by atomic mass is 127. The van der Waals surface area contributed by atoms with Crippen molar-refractivity contribution < 1.29 is 19.2 Å². The lowest BCUT2D eigenvalue weighted by Gasteiger charge is -2.27. The van der Waals surface area contributed by atoms with Crippen molar-refractivity contribution in [3.63, 3.8) is 0 Å². The number of benzene rings is 2. The molecule has 1 saturated carbocycles. The molecule has 1 unspecified atom stereocenters. The van der Waals surface area contributed by atoms with Crippen LogP contribution in [0, 0.1) is 19.6 Å². The summed E-state index contributed by atoms with van der Waals surface area (Å²) in [6.07, 6.45) is 4.88. The van der Waals surface area contributed by atoms with Crippen LogP contribution in [0.4, 0.5) is 0 Å². The molecule has 30 heavy (non-hydrogen) atoms. The lowest BCUT2D eigenvalue weighted by molar-refractivity contribution is -0.575. The molecule has 1 aliphatic rings. The van der Waals surface area contributed by atoms with Crippen LogP contribution >= 0.6 is 22.6 Å². The summed E-state index contributed by atoms with van der Waals surface area (Å²) in [6.45, 7) is 3.85. The molecule has 1 atom stereocenters. The number of hydrogen-bond acceptors (Lipinski definition) is 5. The van der Waals surface area contributed by atoms with Crippen LogP contribution < -0.4 is 4.74 Å². The Morgan fingerprint density at radius 3 is 2.57 bits per heavy atom. The Labute approximate surface area is 190 Å². The van der Waals surface area contributed by atoms with Gasteiger partial charge in [0.2, 0.25) is 5.54 Å². The normalized spacial score (nSPS) is 21.1. The summed E-state index contributed by atoms with van der Waals surface area (Å²) in [5.74, 6) is 1.20. The van der Waals surface area contributed by atoms with E-state index >= 15 is 0 Å². The molecule has 0 aliphatic heterocycles. The topological polar surface area (TPSA) is 78.7 Å². The summed E-state index contributed by atoms with van der Waals surface area (Å²) < 4.78 is 12.0. The van der Waals surface area contributed by atoms with E-state index in [0.29, 0.717) is 5.56 Å². The Balaban J connectivity index is 1.87. The van der Waals surface area contributed by atoms with Gasteiger partial charge in [0.25, 0.3) is 0 Å². The molecule has 0 radical (unpaired) electrons. The van der Waals surface area contributed by atoms with Gasteiger partial charge >= 0.3 is 5.97 Å². The number of rotatable bonds is 7. The number of esters is 1. The van der Waals surface area contributed by atoms with Gasteiger partial charge in [-0.1, -0.05) is 25.1 Å². The van der Waals surface area contributed by atoms with E-state index in [2.05, 4.69) is 34.3 Å². The molecule has 0 aromatic heterocycles. The molecular weight excluding hydrogens is 497 g/mol. The molecule has 0 heterocycles. The first-order chi connectivity index (χ1) is 14.2. The third-order valence-electron chi connectivity index (χ3n) is 6.24. The maximum Gasteiger partial charge on any atom is 0.305 e. The summed E-state index contributed by atoms with van der Waals surface area (Å²) in [6, 6.07) is 9.48. The van der Waals surface area contributed by atoms with Crippen molar-refractivity contribution in [3.05, 3.63) is 49.6 Å². The molecule has 0 amide bonds. The zero-order chi connectivity index (χ0) is 21.9. The summed E-state index contributed by atoms with van der Waals surface area (Å²) >= 11 is 2.30. The monoisotopic (exact) mass is 525 g/mol. The minimum absolute atomic E-state index is 0.00364. The fourth-order valence-electron chi connectivity index (χ4n) is 4.01. The Morgan fingerprint density at radius 1 is 1.23 bits per heavy atom. The van der Waals surface area contributed by atoms with Crippen LogP contribution in [0.2, 0.25) is 0 Å². The Morgan fingerprint density at radius 2 is 1.93 bits per heavy atom. The minimum atomic E-state index is -1.36. The van der Waals surface area contributed by atoms with Crippen LogP contribution in [0.1, 0.15) is 57.9 Å². The van der Waals surface area contributed by atoms with Gasteiger partial charge in [0, 0.05) is 23.8 Å². The van der Waals surface area contributed by atoms with Gasteiger partial charge in [-0.15, -0.1) is 0 Å². The lowest BCUT2D eigenvalue weighted by Crippen LogP contribution is -2.32. The van der Waals surface area contributed by atoms with Crippen LogP contribution in [0.15, 0.2) is 30.3 Å². The van der Waals surface area contributed by atoms with Crippen molar-refractivity contribution >= 4 is 39.3 Å². The first-order valence-corrected chi connectivity index (χ1v) is 11.4. The molecule has 3 rings (SSSR count). The Kier molecular flexibility index (Phi) is 7.21. The number of nitrogens with zero attached hydrogens (tertiary/aromatic N) is 1. The van der Waals surface area contributed by atoms with E-state index < -0.39 is 11.5 Å². The molecule has 1 fully saturated rings. The van der Waals surface area contributed by atoms with E-state index in [9.17, 15) is 14.9 Å². The molecule has 0 N–H and O–H groups in total. The van der Waals surface area contributed by atoms with Crippen molar-refractivity contribution in [2.24, 2.45) is 5.92 Å². The third kappa shape index (κ3) is 4.87. The molecule has 162 valence electrons. The smallest absolute Gasteiger partial charge is 0.305 e. The van der Waals surface area contributed by atoms with Gasteiger partial charge < -0.3 is 9.47 Å². The van der Waals surface area contributed by atoms with Crippen LogP contribution in [0.25, 0.3) is 10.8 Å². The molecular formula is C23H28INO5. The number of nitro groups is 1. The second-order valence-electron chi connectivity index (χ2n) is 8.42. The van der Waals surface area contributed by atoms with Gasteiger partial charge in [-0.2, -0.15) is 0 Å². The average molecular weight is 525 g/mol. The first kappa shape index (κ1) is 22.8. The molecule has 0 saturated heterocycles. The highest BCUT2D eigenvalue weighted by molar-refractivity contribution is 14.1. The van der Waals surface area contributed by atoms with Crippen molar-refractivity contribution in [2.75, 3.05) is 7.11 Å². The van der Waals surface area contributed by atoms with Crippen molar-refractivity contribution in [1.82, 2.24) is 0 Å². The van der Waals surface area contributed by atoms with Crippen LogP contribution in [0.3, 0.4) is 0 Å². The SMILES string of the molecule is COC(=O)CCC(C)(c1ccc2c(I)c(OC3CCC(C)CC3)ccc2c1)[N+](=O)[O-]. The number of carbonyl (C=O) groups excluding carboxylic acids is 1. The van der Waals surface area contributed by atoms with Gasteiger partial charge in [-0.3, -0.25) is 14.9 Å². The summed E-state index contributed by atoms with van der Waals surface area (Å²) in [5, 5.41) is 13.8. The van der Waals surface area contributed by atoms with Gasteiger partial charge in [-0.05, 0) is 77.1 Å². The van der Waals surface area contributed by atoms with Crippen molar-refractivity contribution in [3.8, 4) is 5.75 Å². The number of hydrogen-bond donors (Lipinski definition) is 0. The minimum Gasteiger partial charge on any atom is -0.489 e. The first-order valence-electron chi connectivity index (χ1n) is 10.4. The van der Waals surface area contributed by atoms with Gasteiger partial charge in [0.1, 0.15) is 5.75 Å². The van der Waals surface area contributed by atoms with Gasteiger partial charge in [-0.25, -0.2) is 0 Å². The van der Waals surface area contributed by atoms with Gasteiger partial charge in [0.05, 0.1) is 23.2 Å². The fourth-order valence-corrected chi connectivity index (χ4v) is 4.81. The standard InChI is InChI=1S/C23H28INO5/c1-15-4-8-18(9-5-15)30-20-11-6-16-14-17(7-10-19(16)22(20)24)23(2,25(27)28)13-12-21(26)29-3/h6-7,10-11,14-15,18H,4-5,8-9,12-13H2,1-3H3. The second-order valence-corrected chi connectivity index (χ2v) is 9.50. The van der Waals surface area contributed by atoms with E-state index in [4.69, 9.17) is 4.74 Å². The zero-order valence-electron chi connectivity index (χ0n) is 17.7. The largest absolute Gasteiger partial charge is 0.489 e. The number of methoxy groups -OCH3 is 1. The predicted octanol–water partition coefficient (Wildman–Crippen LogP) is 5.85. The highest BCUT2D eigenvalue weighted by Crippen LogP contribution is 2.37. The van der Waals surface area contributed by atoms with E-state index in [0.717, 1.165) is 38.9 Å². The lowest BCUT2D eigenvalue weighted by atomic mass is 9.86. The van der Waals surface area contributed by atoms with Crippen molar-refractivity contribution in [2.45, 2.75) is 64.0 Å². The van der Waals surface area contributed by atoms with Crippen LogP contribution in [-0.2, 0) is 15.1 Å². The van der Waals surface area contributed by atoms with Crippen molar-refractivity contribution in [1.29, 1.82) is 0 Å². The molecule has 6 nitrogen and oxygen atoms in total.